The Kier molecular flexibility index (Phi) is 2.87. The van der Waals surface area contributed by atoms with E-state index in [0.29, 0.717) is 16.3 Å². The van der Waals surface area contributed by atoms with Crippen LogP contribution >= 0.6 is 11.3 Å². The van der Waals surface area contributed by atoms with E-state index >= 15 is 0 Å². The number of hydrogen-bond donors (Lipinski definition) is 1. The molecule has 0 unspecified atom stereocenters. The summed E-state index contributed by atoms with van der Waals surface area (Å²) in [6.07, 6.45) is 0. The normalized spacial score (nSPS) is 10.8. The van der Waals surface area contributed by atoms with Crippen molar-refractivity contribution in [2.45, 2.75) is 6.92 Å². The SMILES string of the molecule is Cc1nc(-c2cc3ccccc3oc2=O)sc1C(=O)O. The average Bonchev–Trinajstić information content (AvgIpc) is 2.80. The Morgan fingerprint density at radius 2 is 2.10 bits per heavy atom. The van der Waals surface area contributed by atoms with E-state index in [4.69, 9.17) is 9.52 Å². The van der Waals surface area contributed by atoms with Crippen molar-refractivity contribution in [3.8, 4) is 10.6 Å². The van der Waals surface area contributed by atoms with Gasteiger partial charge in [-0.25, -0.2) is 14.6 Å². The van der Waals surface area contributed by atoms with Crippen molar-refractivity contribution in [3.05, 3.63) is 51.3 Å². The number of fused-ring (bicyclic) bond motifs is 1. The first-order valence-electron chi connectivity index (χ1n) is 5.80. The van der Waals surface area contributed by atoms with Crippen LogP contribution in [0.2, 0.25) is 0 Å². The predicted octanol–water partition coefficient (Wildman–Crippen LogP) is 2.92. The van der Waals surface area contributed by atoms with Crippen LogP contribution in [-0.4, -0.2) is 16.1 Å². The Morgan fingerprint density at radius 1 is 1.35 bits per heavy atom. The van der Waals surface area contributed by atoms with Crippen molar-refractivity contribution in [2.24, 2.45) is 0 Å². The number of aromatic carboxylic acids is 1. The summed E-state index contributed by atoms with van der Waals surface area (Å²) in [6.45, 7) is 1.60. The minimum atomic E-state index is -1.04. The zero-order chi connectivity index (χ0) is 14.3. The average molecular weight is 287 g/mol. The second-order valence-electron chi connectivity index (χ2n) is 4.22. The monoisotopic (exact) mass is 287 g/mol. The largest absolute Gasteiger partial charge is 0.477 e. The lowest BCUT2D eigenvalue weighted by Crippen LogP contribution is -2.02. The zero-order valence-electron chi connectivity index (χ0n) is 10.4. The number of hydrogen-bond acceptors (Lipinski definition) is 5. The van der Waals surface area contributed by atoms with Gasteiger partial charge in [0.05, 0.1) is 11.3 Å². The van der Waals surface area contributed by atoms with Gasteiger partial charge in [-0.3, -0.25) is 0 Å². The van der Waals surface area contributed by atoms with Crippen LogP contribution in [-0.2, 0) is 0 Å². The maximum atomic E-state index is 12.0. The van der Waals surface area contributed by atoms with Crippen molar-refractivity contribution in [1.29, 1.82) is 0 Å². The fraction of sp³-hybridized carbons (Fsp3) is 0.0714. The molecule has 0 spiro atoms. The van der Waals surface area contributed by atoms with E-state index in [9.17, 15) is 9.59 Å². The topological polar surface area (TPSA) is 80.4 Å². The summed E-state index contributed by atoms with van der Waals surface area (Å²) in [7, 11) is 0. The zero-order valence-corrected chi connectivity index (χ0v) is 11.2. The number of carboxylic acids is 1. The third-order valence-corrected chi connectivity index (χ3v) is 4.04. The number of aryl methyl sites for hydroxylation is 1. The molecule has 3 rings (SSSR count). The molecule has 0 saturated heterocycles. The fourth-order valence-corrected chi connectivity index (χ4v) is 2.83. The highest BCUT2D eigenvalue weighted by Gasteiger charge is 2.18. The number of aromatic nitrogens is 1. The lowest BCUT2D eigenvalue weighted by atomic mass is 10.2. The highest BCUT2D eigenvalue weighted by Crippen LogP contribution is 2.27. The van der Waals surface area contributed by atoms with Crippen LogP contribution in [0.3, 0.4) is 0 Å². The summed E-state index contributed by atoms with van der Waals surface area (Å²) in [5, 5.41) is 10.2. The van der Waals surface area contributed by atoms with Crippen molar-refractivity contribution in [1.82, 2.24) is 4.98 Å². The molecule has 0 aliphatic rings. The molecule has 1 aromatic carbocycles. The van der Waals surface area contributed by atoms with Gasteiger partial charge in [0.25, 0.3) is 0 Å². The summed E-state index contributed by atoms with van der Waals surface area (Å²) in [4.78, 5) is 27.3. The van der Waals surface area contributed by atoms with Gasteiger partial charge in [-0.1, -0.05) is 18.2 Å². The molecule has 5 nitrogen and oxygen atoms in total. The molecule has 0 aliphatic heterocycles. The molecule has 6 heteroatoms. The van der Waals surface area contributed by atoms with Crippen molar-refractivity contribution in [3.63, 3.8) is 0 Å². The number of nitrogens with zero attached hydrogens (tertiary/aromatic N) is 1. The molecule has 0 radical (unpaired) electrons. The molecule has 0 amide bonds. The van der Waals surface area contributed by atoms with Gasteiger partial charge in [0.15, 0.2) is 0 Å². The van der Waals surface area contributed by atoms with Crippen molar-refractivity contribution in [2.75, 3.05) is 0 Å². The van der Waals surface area contributed by atoms with Gasteiger partial charge in [0, 0.05) is 5.39 Å². The summed E-state index contributed by atoms with van der Waals surface area (Å²) in [6, 6.07) is 8.81. The maximum absolute atomic E-state index is 12.0. The molecule has 100 valence electrons. The number of carboxylic acid groups (broad SMARTS) is 1. The van der Waals surface area contributed by atoms with E-state index in [-0.39, 0.29) is 10.4 Å². The molecule has 1 N–H and O–H groups in total. The van der Waals surface area contributed by atoms with E-state index in [2.05, 4.69) is 4.98 Å². The van der Waals surface area contributed by atoms with Crippen molar-refractivity contribution < 1.29 is 14.3 Å². The second-order valence-corrected chi connectivity index (χ2v) is 5.22. The number of benzene rings is 1. The predicted molar refractivity (Wildman–Crippen MR) is 75.3 cm³/mol. The molecule has 0 aliphatic carbocycles. The molecule has 2 aromatic heterocycles. The molecule has 0 fully saturated rings. The highest BCUT2D eigenvalue weighted by atomic mass is 32.1. The number of para-hydroxylation sites is 1. The lowest BCUT2D eigenvalue weighted by molar-refractivity contribution is 0.0701. The van der Waals surface area contributed by atoms with Gasteiger partial charge in [0.1, 0.15) is 15.5 Å². The Balaban J connectivity index is 2.24. The van der Waals surface area contributed by atoms with Crippen molar-refractivity contribution >= 4 is 28.3 Å². The molecule has 0 saturated carbocycles. The number of rotatable bonds is 2. The van der Waals surface area contributed by atoms with Crippen LogP contribution in [0, 0.1) is 6.92 Å². The Labute approximate surface area is 117 Å². The van der Waals surface area contributed by atoms with Crippen LogP contribution in [0.25, 0.3) is 21.5 Å². The first-order valence-corrected chi connectivity index (χ1v) is 6.62. The van der Waals surface area contributed by atoms with Gasteiger partial charge in [-0.2, -0.15) is 0 Å². The first kappa shape index (κ1) is 12.6. The summed E-state index contributed by atoms with van der Waals surface area (Å²) in [5.41, 5.74) is 0.650. The van der Waals surface area contributed by atoms with Gasteiger partial charge >= 0.3 is 11.6 Å². The second kappa shape index (κ2) is 4.57. The molecular formula is C14H9NO4S. The maximum Gasteiger partial charge on any atom is 0.347 e. The minimum Gasteiger partial charge on any atom is -0.477 e. The fourth-order valence-electron chi connectivity index (χ4n) is 1.92. The third-order valence-electron chi connectivity index (χ3n) is 2.86. The van der Waals surface area contributed by atoms with Gasteiger partial charge in [0.2, 0.25) is 0 Å². The van der Waals surface area contributed by atoms with Gasteiger partial charge in [-0.05, 0) is 19.1 Å². The lowest BCUT2D eigenvalue weighted by Gasteiger charge is -1.98. The highest BCUT2D eigenvalue weighted by molar-refractivity contribution is 7.17. The van der Waals surface area contributed by atoms with E-state index in [1.807, 2.05) is 12.1 Å². The van der Waals surface area contributed by atoms with Crippen LogP contribution in [0.5, 0.6) is 0 Å². The molecule has 2 heterocycles. The molecule has 20 heavy (non-hydrogen) atoms. The molecular weight excluding hydrogens is 278 g/mol. The van der Waals surface area contributed by atoms with E-state index < -0.39 is 11.6 Å². The summed E-state index contributed by atoms with van der Waals surface area (Å²) < 4.78 is 5.22. The number of carbonyl (C=O) groups is 1. The van der Waals surface area contributed by atoms with E-state index in [1.54, 1.807) is 25.1 Å². The quantitative estimate of drug-likeness (QED) is 0.733. The van der Waals surface area contributed by atoms with Crippen LogP contribution in [0.1, 0.15) is 15.4 Å². The van der Waals surface area contributed by atoms with E-state index in [0.717, 1.165) is 16.7 Å². The third kappa shape index (κ3) is 2.00. The number of thiazole rings is 1. The minimum absolute atomic E-state index is 0.132. The molecule has 3 aromatic rings. The first-order chi connectivity index (χ1) is 9.56. The molecule has 0 atom stereocenters. The Hall–Kier alpha value is -2.47. The standard InChI is InChI=1S/C14H9NO4S/c1-7-11(13(16)17)20-12(15-7)9-6-8-4-2-3-5-10(8)19-14(9)18/h2-6H,1H3,(H,16,17). The van der Waals surface area contributed by atoms with Gasteiger partial charge < -0.3 is 9.52 Å². The molecule has 0 bridgehead atoms. The van der Waals surface area contributed by atoms with Crippen LogP contribution in [0.4, 0.5) is 0 Å². The summed E-state index contributed by atoms with van der Waals surface area (Å²) >= 11 is 0.973. The van der Waals surface area contributed by atoms with Gasteiger partial charge in [-0.15, -0.1) is 11.3 Å². The summed E-state index contributed by atoms with van der Waals surface area (Å²) in [5.74, 6) is -1.04. The Bertz CT molecular complexity index is 878. The van der Waals surface area contributed by atoms with Crippen LogP contribution < -0.4 is 5.63 Å². The smallest absolute Gasteiger partial charge is 0.347 e. The Morgan fingerprint density at radius 3 is 2.80 bits per heavy atom. The van der Waals surface area contributed by atoms with E-state index in [1.165, 1.54) is 0 Å². The van der Waals surface area contributed by atoms with Crippen LogP contribution in [0.15, 0.2) is 39.5 Å².